The van der Waals surface area contributed by atoms with Crippen LogP contribution < -0.4 is 0 Å². The van der Waals surface area contributed by atoms with E-state index in [0.29, 0.717) is 24.3 Å². The van der Waals surface area contributed by atoms with E-state index in [-0.39, 0.29) is 17.1 Å². The van der Waals surface area contributed by atoms with Crippen LogP contribution in [0.15, 0.2) is 18.2 Å². The van der Waals surface area contributed by atoms with Gasteiger partial charge < -0.3 is 9.67 Å². The van der Waals surface area contributed by atoms with E-state index < -0.39 is 18.0 Å². The average Bonchev–Trinajstić information content (AvgIpc) is 2.72. The second-order valence-electron chi connectivity index (χ2n) is 5.54. The van der Waals surface area contributed by atoms with Crippen molar-refractivity contribution in [2.24, 2.45) is 5.92 Å². The van der Waals surface area contributed by atoms with Crippen molar-refractivity contribution < 1.29 is 23.1 Å². The van der Waals surface area contributed by atoms with Crippen molar-refractivity contribution >= 4 is 17.0 Å². The first-order valence-electron chi connectivity index (χ1n) is 6.60. The van der Waals surface area contributed by atoms with E-state index in [1.54, 1.807) is 0 Å². The van der Waals surface area contributed by atoms with Gasteiger partial charge in [-0.15, -0.1) is 0 Å². The summed E-state index contributed by atoms with van der Waals surface area (Å²) in [6.07, 6.45) is -3.20. The molecule has 112 valence electrons. The van der Waals surface area contributed by atoms with Gasteiger partial charge in [0.2, 0.25) is 5.82 Å². The summed E-state index contributed by atoms with van der Waals surface area (Å²) >= 11 is 0. The van der Waals surface area contributed by atoms with Crippen molar-refractivity contribution in [1.82, 2.24) is 9.55 Å². The SMILES string of the molecule is CC1CC(n2c(C(F)(F)F)nc3cc(C(=O)O)ccc32)C1. The second kappa shape index (κ2) is 4.47. The van der Waals surface area contributed by atoms with Gasteiger partial charge in [-0.3, -0.25) is 0 Å². The van der Waals surface area contributed by atoms with Crippen LogP contribution in [-0.4, -0.2) is 20.6 Å². The number of rotatable bonds is 2. The number of alkyl halides is 3. The summed E-state index contributed by atoms with van der Waals surface area (Å²) in [6, 6.07) is 3.68. The number of halogens is 3. The van der Waals surface area contributed by atoms with Gasteiger partial charge in [0, 0.05) is 6.04 Å². The first-order valence-corrected chi connectivity index (χ1v) is 6.60. The summed E-state index contributed by atoms with van der Waals surface area (Å²) in [5.74, 6) is -1.74. The Balaban J connectivity index is 2.19. The fourth-order valence-corrected chi connectivity index (χ4v) is 2.87. The van der Waals surface area contributed by atoms with Gasteiger partial charge >= 0.3 is 12.1 Å². The second-order valence-corrected chi connectivity index (χ2v) is 5.54. The van der Waals surface area contributed by atoms with Crippen LogP contribution in [0.5, 0.6) is 0 Å². The molecule has 1 N–H and O–H groups in total. The van der Waals surface area contributed by atoms with Gasteiger partial charge in [-0.25, -0.2) is 9.78 Å². The number of benzene rings is 1. The van der Waals surface area contributed by atoms with Crippen LogP contribution in [0.25, 0.3) is 11.0 Å². The third kappa shape index (κ3) is 2.26. The topological polar surface area (TPSA) is 55.1 Å². The lowest BCUT2D eigenvalue weighted by atomic mass is 9.81. The minimum Gasteiger partial charge on any atom is -0.478 e. The van der Waals surface area contributed by atoms with Crippen molar-refractivity contribution in [2.75, 3.05) is 0 Å². The van der Waals surface area contributed by atoms with Crippen molar-refractivity contribution in [1.29, 1.82) is 0 Å². The molecule has 4 nitrogen and oxygen atoms in total. The fraction of sp³-hybridized carbons (Fsp3) is 0.429. The summed E-state index contributed by atoms with van der Waals surface area (Å²) in [5.41, 5.74) is 0.342. The lowest BCUT2D eigenvalue weighted by Gasteiger charge is -2.35. The number of hydrogen-bond acceptors (Lipinski definition) is 2. The smallest absolute Gasteiger partial charge is 0.449 e. The Kier molecular flexibility index (Phi) is 2.96. The van der Waals surface area contributed by atoms with Gasteiger partial charge in [0.1, 0.15) is 0 Å². The predicted molar refractivity (Wildman–Crippen MR) is 69.1 cm³/mol. The first-order chi connectivity index (χ1) is 9.77. The zero-order valence-corrected chi connectivity index (χ0v) is 11.2. The summed E-state index contributed by atoms with van der Waals surface area (Å²) in [4.78, 5) is 14.6. The highest BCUT2D eigenvalue weighted by Crippen LogP contribution is 2.43. The van der Waals surface area contributed by atoms with Crippen LogP contribution in [0.4, 0.5) is 13.2 Å². The van der Waals surface area contributed by atoms with Gasteiger partial charge in [0.25, 0.3) is 0 Å². The largest absolute Gasteiger partial charge is 0.478 e. The van der Waals surface area contributed by atoms with Crippen molar-refractivity contribution in [3.63, 3.8) is 0 Å². The molecule has 1 saturated carbocycles. The quantitative estimate of drug-likeness (QED) is 0.919. The Morgan fingerprint density at radius 1 is 1.38 bits per heavy atom. The monoisotopic (exact) mass is 298 g/mol. The molecule has 0 unspecified atom stereocenters. The number of carbonyl (C=O) groups is 1. The van der Waals surface area contributed by atoms with Crippen molar-refractivity contribution in [3.05, 3.63) is 29.6 Å². The molecule has 0 saturated heterocycles. The minimum absolute atomic E-state index is 0.0668. The van der Waals surface area contributed by atoms with Crippen LogP contribution in [0.2, 0.25) is 0 Å². The van der Waals surface area contributed by atoms with Gasteiger partial charge in [0.05, 0.1) is 16.6 Å². The lowest BCUT2D eigenvalue weighted by molar-refractivity contribution is -0.148. The summed E-state index contributed by atoms with van der Waals surface area (Å²) < 4.78 is 40.7. The molecular formula is C14H13F3N2O2. The zero-order valence-electron chi connectivity index (χ0n) is 11.2. The Hall–Kier alpha value is -2.05. The maximum Gasteiger partial charge on any atom is 0.449 e. The van der Waals surface area contributed by atoms with Gasteiger partial charge in [-0.05, 0) is 37.0 Å². The molecule has 1 aliphatic carbocycles. The number of carboxylic acid groups (broad SMARTS) is 1. The van der Waals surface area contributed by atoms with E-state index in [1.165, 1.54) is 22.8 Å². The van der Waals surface area contributed by atoms with Crippen LogP contribution in [0, 0.1) is 5.92 Å². The Bertz CT molecular complexity index is 715. The fourth-order valence-electron chi connectivity index (χ4n) is 2.87. The molecule has 0 radical (unpaired) electrons. The van der Waals surface area contributed by atoms with Gasteiger partial charge in [-0.2, -0.15) is 13.2 Å². The molecule has 1 fully saturated rings. The number of aromatic carboxylic acids is 1. The molecule has 0 atom stereocenters. The summed E-state index contributed by atoms with van der Waals surface area (Å²) in [6.45, 7) is 1.99. The molecule has 0 aliphatic heterocycles. The normalized spacial score (nSPS) is 22.3. The standard InChI is InChI=1S/C14H13F3N2O2/c1-7-4-9(5-7)19-11-3-2-8(12(20)21)6-10(11)18-13(19)14(15,16)17/h2-3,6-7,9H,4-5H2,1H3,(H,20,21). The molecule has 3 rings (SSSR count). The average molecular weight is 298 g/mol. The molecule has 0 bridgehead atoms. The van der Waals surface area contributed by atoms with Crippen molar-refractivity contribution in [3.8, 4) is 0 Å². The Morgan fingerprint density at radius 2 is 2.05 bits per heavy atom. The molecule has 2 aromatic rings. The number of carboxylic acids is 1. The maximum absolute atomic E-state index is 13.2. The molecule has 1 aliphatic rings. The van der Waals surface area contributed by atoms with Crippen LogP contribution in [-0.2, 0) is 6.18 Å². The number of nitrogens with zero attached hydrogens (tertiary/aromatic N) is 2. The van der Waals surface area contributed by atoms with E-state index in [2.05, 4.69) is 4.98 Å². The molecule has 1 aromatic carbocycles. The Labute approximate surface area is 118 Å². The molecule has 0 spiro atoms. The summed E-state index contributed by atoms with van der Waals surface area (Å²) in [7, 11) is 0. The Morgan fingerprint density at radius 3 is 2.57 bits per heavy atom. The van der Waals surface area contributed by atoms with Crippen LogP contribution in [0.3, 0.4) is 0 Å². The molecule has 1 heterocycles. The van der Waals surface area contributed by atoms with E-state index in [9.17, 15) is 18.0 Å². The van der Waals surface area contributed by atoms with E-state index in [1.807, 2.05) is 6.92 Å². The van der Waals surface area contributed by atoms with E-state index in [4.69, 9.17) is 5.11 Å². The third-order valence-electron chi connectivity index (χ3n) is 3.90. The number of aromatic nitrogens is 2. The van der Waals surface area contributed by atoms with Crippen molar-refractivity contribution in [2.45, 2.75) is 32.0 Å². The van der Waals surface area contributed by atoms with Gasteiger partial charge in [-0.1, -0.05) is 6.92 Å². The van der Waals surface area contributed by atoms with Crippen LogP contribution in [0.1, 0.15) is 42.0 Å². The van der Waals surface area contributed by atoms with Gasteiger partial charge in [0.15, 0.2) is 0 Å². The molecule has 1 aromatic heterocycles. The van der Waals surface area contributed by atoms with E-state index >= 15 is 0 Å². The van der Waals surface area contributed by atoms with E-state index in [0.717, 1.165) is 0 Å². The summed E-state index contributed by atoms with van der Waals surface area (Å²) in [5, 5.41) is 8.92. The first kappa shape index (κ1) is 13.9. The molecule has 0 amide bonds. The lowest BCUT2D eigenvalue weighted by Crippen LogP contribution is -2.28. The highest BCUT2D eigenvalue weighted by Gasteiger charge is 2.41. The maximum atomic E-state index is 13.2. The molecule has 21 heavy (non-hydrogen) atoms. The number of imidazole rings is 1. The molecule has 7 heteroatoms. The number of hydrogen-bond donors (Lipinski definition) is 1. The highest BCUT2D eigenvalue weighted by molar-refractivity contribution is 5.92. The number of fused-ring (bicyclic) bond motifs is 1. The van der Waals surface area contributed by atoms with Crippen LogP contribution >= 0.6 is 0 Å². The highest BCUT2D eigenvalue weighted by atomic mass is 19.4. The predicted octanol–water partition coefficient (Wildman–Crippen LogP) is 3.72. The third-order valence-corrected chi connectivity index (χ3v) is 3.90. The molecular weight excluding hydrogens is 285 g/mol. The minimum atomic E-state index is -4.55. The zero-order chi connectivity index (χ0) is 15.4.